The van der Waals surface area contributed by atoms with Crippen LogP contribution in [0, 0.1) is 0 Å². The van der Waals surface area contributed by atoms with Crippen LogP contribution in [0.1, 0.15) is 35.0 Å². The number of benzene rings is 2. The number of fused-ring (bicyclic) bond motifs is 3. The quantitative estimate of drug-likeness (QED) is 0.413. The summed E-state index contributed by atoms with van der Waals surface area (Å²) in [4.78, 5) is 17.7. The number of thiophene rings is 1. The number of pyridine rings is 1. The molecule has 2 heterocycles. The van der Waals surface area contributed by atoms with Crippen molar-refractivity contribution in [2.75, 3.05) is 5.32 Å². The molecule has 0 spiro atoms. The van der Waals surface area contributed by atoms with E-state index in [1.807, 2.05) is 54.6 Å². The van der Waals surface area contributed by atoms with Gasteiger partial charge in [-0.2, -0.15) is 0 Å². The molecule has 26 heavy (non-hydrogen) atoms. The predicted octanol–water partition coefficient (Wildman–Crippen LogP) is 6.48. The highest BCUT2D eigenvalue weighted by molar-refractivity contribution is 7.22. The highest BCUT2D eigenvalue weighted by Gasteiger charge is 2.15. The predicted molar refractivity (Wildman–Crippen MR) is 111 cm³/mol. The molecule has 0 aliphatic rings. The van der Waals surface area contributed by atoms with Crippen LogP contribution in [0.3, 0.4) is 0 Å². The highest BCUT2D eigenvalue weighted by atomic mass is 35.5. The molecule has 1 amide bonds. The van der Waals surface area contributed by atoms with Gasteiger partial charge in [-0.1, -0.05) is 55.8 Å². The van der Waals surface area contributed by atoms with Crippen molar-refractivity contribution >= 4 is 55.5 Å². The highest BCUT2D eigenvalue weighted by Crippen LogP contribution is 2.36. The first-order valence-corrected chi connectivity index (χ1v) is 9.61. The Morgan fingerprint density at radius 3 is 2.54 bits per heavy atom. The Balaban J connectivity index is 1.69. The first kappa shape index (κ1) is 17.0. The lowest BCUT2D eigenvalue weighted by Gasteiger charge is -2.07. The molecule has 0 radical (unpaired) electrons. The monoisotopic (exact) mass is 380 g/mol. The first-order valence-electron chi connectivity index (χ1n) is 8.42. The van der Waals surface area contributed by atoms with Crippen molar-refractivity contribution < 1.29 is 4.79 Å². The zero-order chi connectivity index (χ0) is 18.3. The van der Waals surface area contributed by atoms with Crippen molar-refractivity contribution in [3.63, 3.8) is 0 Å². The Bertz CT molecular complexity index is 1120. The number of hydrogen-bond acceptors (Lipinski definition) is 3. The van der Waals surface area contributed by atoms with E-state index in [1.165, 1.54) is 16.9 Å². The molecule has 0 bridgehead atoms. The Labute approximate surface area is 160 Å². The average molecular weight is 381 g/mol. The van der Waals surface area contributed by atoms with Gasteiger partial charge in [0, 0.05) is 21.2 Å². The van der Waals surface area contributed by atoms with E-state index in [9.17, 15) is 4.79 Å². The van der Waals surface area contributed by atoms with Crippen LogP contribution in [0.5, 0.6) is 0 Å². The number of aromatic nitrogens is 1. The third-order valence-electron chi connectivity index (χ3n) is 4.38. The van der Waals surface area contributed by atoms with E-state index >= 15 is 0 Å². The minimum atomic E-state index is -0.136. The summed E-state index contributed by atoms with van der Waals surface area (Å²) in [5, 5.41) is 5.21. The topological polar surface area (TPSA) is 42.0 Å². The summed E-state index contributed by atoms with van der Waals surface area (Å²) in [6.07, 6.45) is 0. The van der Waals surface area contributed by atoms with Gasteiger partial charge in [0.1, 0.15) is 5.15 Å². The molecule has 4 rings (SSSR count). The van der Waals surface area contributed by atoms with Crippen LogP contribution in [0.15, 0.2) is 54.6 Å². The molecule has 5 heteroatoms. The number of nitrogens with zero attached hydrogens (tertiary/aromatic N) is 1. The van der Waals surface area contributed by atoms with Crippen LogP contribution in [0.2, 0.25) is 5.15 Å². The molecule has 2 aromatic heterocycles. The first-order chi connectivity index (χ1) is 12.5. The number of para-hydroxylation sites is 1. The molecule has 4 aromatic rings. The molecule has 0 saturated carbocycles. The van der Waals surface area contributed by atoms with Crippen molar-refractivity contribution in [3.8, 4) is 0 Å². The molecule has 0 atom stereocenters. The summed E-state index contributed by atoms with van der Waals surface area (Å²) in [5.41, 5.74) is 2.86. The van der Waals surface area contributed by atoms with Gasteiger partial charge in [0.05, 0.1) is 10.4 Å². The van der Waals surface area contributed by atoms with Gasteiger partial charge in [-0.15, -0.1) is 11.3 Å². The minimum absolute atomic E-state index is 0.136. The summed E-state index contributed by atoms with van der Waals surface area (Å²) in [5.74, 6) is 0.328. The lowest BCUT2D eigenvalue weighted by atomic mass is 10.0. The Kier molecular flexibility index (Phi) is 4.39. The Morgan fingerprint density at radius 2 is 1.81 bits per heavy atom. The van der Waals surface area contributed by atoms with Crippen molar-refractivity contribution in [2.45, 2.75) is 19.8 Å². The molecule has 0 aliphatic heterocycles. The van der Waals surface area contributed by atoms with Gasteiger partial charge in [-0.3, -0.25) is 4.79 Å². The number of halogens is 1. The molecule has 0 fully saturated rings. The van der Waals surface area contributed by atoms with Crippen LogP contribution >= 0.6 is 22.9 Å². The molecule has 2 aromatic carbocycles. The molecule has 0 saturated heterocycles. The molecular weight excluding hydrogens is 364 g/mol. The Hall–Kier alpha value is -2.43. The van der Waals surface area contributed by atoms with Crippen molar-refractivity contribution in [1.29, 1.82) is 0 Å². The van der Waals surface area contributed by atoms with E-state index in [2.05, 4.69) is 24.1 Å². The number of anilines is 1. The lowest BCUT2D eigenvalue weighted by Crippen LogP contribution is -2.09. The van der Waals surface area contributed by atoms with Gasteiger partial charge in [0.15, 0.2) is 0 Å². The molecular formula is C21H17ClN2OS. The fraction of sp³-hybridized carbons (Fsp3) is 0.143. The molecule has 0 unspecified atom stereocenters. The fourth-order valence-corrected chi connectivity index (χ4v) is 4.31. The van der Waals surface area contributed by atoms with Gasteiger partial charge in [0.25, 0.3) is 5.91 Å². The third-order valence-corrected chi connectivity index (χ3v) is 5.84. The third kappa shape index (κ3) is 3.06. The number of amides is 1. The van der Waals surface area contributed by atoms with Crippen LogP contribution in [-0.4, -0.2) is 10.9 Å². The van der Waals surface area contributed by atoms with E-state index in [0.29, 0.717) is 15.9 Å². The zero-order valence-corrected chi connectivity index (χ0v) is 16.0. The van der Waals surface area contributed by atoms with E-state index in [4.69, 9.17) is 11.6 Å². The minimum Gasteiger partial charge on any atom is -0.321 e. The number of carbonyl (C=O) groups is 1. The van der Waals surface area contributed by atoms with E-state index < -0.39 is 0 Å². The summed E-state index contributed by atoms with van der Waals surface area (Å²) in [6.45, 7) is 4.29. The second-order valence-corrected chi connectivity index (χ2v) is 7.91. The summed E-state index contributed by atoms with van der Waals surface area (Å²) >= 11 is 7.76. The zero-order valence-electron chi connectivity index (χ0n) is 14.4. The van der Waals surface area contributed by atoms with Crippen molar-refractivity contribution in [1.82, 2.24) is 4.98 Å². The summed E-state index contributed by atoms with van der Waals surface area (Å²) < 4.78 is 0.987. The maximum atomic E-state index is 12.7. The Morgan fingerprint density at radius 1 is 1.08 bits per heavy atom. The SMILES string of the molecule is CC(C)c1ccc(NC(=O)c2cc3c(Cl)nc4ccccc4c3s2)cc1. The van der Waals surface area contributed by atoms with E-state index in [-0.39, 0.29) is 5.91 Å². The van der Waals surface area contributed by atoms with Gasteiger partial charge in [-0.25, -0.2) is 4.98 Å². The van der Waals surface area contributed by atoms with Crippen LogP contribution in [0.25, 0.3) is 21.0 Å². The smallest absolute Gasteiger partial charge is 0.265 e. The van der Waals surface area contributed by atoms with Crippen LogP contribution in [-0.2, 0) is 0 Å². The summed E-state index contributed by atoms with van der Waals surface area (Å²) in [6, 6.07) is 17.6. The van der Waals surface area contributed by atoms with Crippen molar-refractivity contribution in [2.24, 2.45) is 0 Å². The van der Waals surface area contributed by atoms with Crippen molar-refractivity contribution in [3.05, 3.63) is 70.2 Å². The van der Waals surface area contributed by atoms with Gasteiger partial charge in [0.2, 0.25) is 0 Å². The van der Waals surface area contributed by atoms with Gasteiger partial charge >= 0.3 is 0 Å². The van der Waals surface area contributed by atoms with E-state index in [1.54, 1.807) is 0 Å². The lowest BCUT2D eigenvalue weighted by molar-refractivity contribution is 0.103. The van der Waals surface area contributed by atoms with Gasteiger partial charge < -0.3 is 5.32 Å². The number of rotatable bonds is 3. The number of nitrogens with one attached hydrogen (secondary N) is 1. The van der Waals surface area contributed by atoms with E-state index in [0.717, 1.165) is 26.7 Å². The fourth-order valence-electron chi connectivity index (χ4n) is 2.93. The number of hydrogen-bond donors (Lipinski definition) is 1. The maximum Gasteiger partial charge on any atom is 0.265 e. The van der Waals surface area contributed by atoms with Crippen LogP contribution in [0.4, 0.5) is 5.69 Å². The molecule has 130 valence electrons. The maximum absolute atomic E-state index is 12.7. The normalized spacial score (nSPS) is 11.4. The average Bonchev–Trinajstić information content (AvgIpc) is 3.09. The standard InChI is InChI=1S/C21H17ClN2OS/c1-12(2)13-7-9-14(10-8-13)23-21(25)18-11-16-19(26-18)15-5-3-4-6-17(15)24-20(16)22/h3-12H,1-2H3,(H,23,25). The molecule has 1 N–H and O–H groups in total. The second-order valence-electron chi connectivity index (χ2n) is 6.50. The van der Waals surface area contributed by atoms with Gasteiger partial charge in [-0.05, 0) is 35.7 Å². The summed E-state index contributed by atoms with van der Waals surface area (Å²) in [7, 11) is 0. The largest absolute Gasteiger partial charge is 0.321 e. The molecule has 0 aliphatic carbocycles. The number of carbonyl (C=O) groups excluding carboxylic acids is 1. The second kappa shape index (κ2) is 6.71. The molecule has 3 nitrogen and oxygen atoms in total. The van der Waals surface area contributed by atoms with Crippen LogP contribution < -0.4 is 5.32 Å².